The van der Waals surface area contributed by atoms with E-state index in [0.29, 0.717) is 41.9 Å². The lowest BCUT2D eigenvalue weighted by atomic mass is 10.1. The Morgan fingerprint density at radius 2 is 0.889 bits per heavy atom. The number of hydrogen-bond acceptors (Lipinski definition) is 8. The minimum Gasteiger partial charge on any atom is -0.296 e. The minimum atomic E-state index is -0.296. The van der Waals surface area contributed by atoms with Crippen LogP contribution in [0.1, 0.15) is 104 Å². The van der Waals surface area contributed by atoms with E-state index in [9.17, 15) is 27.6 Å². The van der Waals surface area contributed by atoms with Crippen molar-refractivity contribution in [3.63, 3.8) is 0 Å². The zero-order valence-electron chi connectivity index (χ0n) is 35.6. The quantitative estimate of drug-likeness (QED) is 0.0832. The van der Waals surface area contributed by atoms with Crippen molar-refractivity contribution in [2.24, 2.45) is 0 Å². The number of aromatic nitrogens is 6. The van der Waals surface area contributed by atoms with Crippen LogP contribution in [-0.2, 0) is 0 Å². The second-order valence-electron chi connectivity index (χ2n) is 15.3. The summed E-state index contributed by atoms with van der Waals surface area (Å²) in [5.74, 6) is -0.736. The van der Waals surface area contributed by atoms with E-state index in [2.05, 4.69) is 68.7 Å². The number of ketones is 3. The minimum absolute atomic E-state index is 0. The van der Waals surface area contributed by atoms with Gasteiger partial charge in [-0.3, -0.25) is 24.2 Å². The third-order valence-corrected chi connectivity index (χ3v) is 11.0. The molecule has 15 heteroatoms. The van der Waals surface area contributed by atoms with E-state index in [1.165, 1.54) is 55.4 Å². The molecule has 1 aliphatic rings. The topological polar surface area (TPSA) is 111 Å². The molecule has 3 aromatic heterocycles. The van der Waals surface area contributed by atoms with Crippen LogP contribution in [0.4, 0.5) is 13.2 Å². The number of likely N-dealkylation sites (tertiary alicyclic amines) is 1. The molecular weight excluding hydrogens is 873 g/mol. The molecule has 63 heavy (non-hydrogen) atoms. The molecule has 0 aliphatic carbocycles. The zero-order valence-corrected chi connectivity index (χ0v) is 37.2. The molecule has 6 aromatic rings. The van der Waals surface area contributed by atoms with Crippen molar-refractivity contribution in [2.45, 2.75) is 88.2 Å². The van der Waals surface area contributed by atoms with E-state index < -0.39 is 0 Å². The van der Waals surface area contributed by atoms with Crippen LogP contribution in [0.2, 0.25) is 0 Å². The summed E-state index contributed by atoms with van der Waals surface area (Å²) in [5, 5.41) is 13.0. The largest absolute Gasteiger partial charge is 0.296 e. The number of halogens is 4. The Morgan fingerprint density at radius 1 is 0.571 bits per heavy atom. The summed E-state index contributed by atoms with van der Waals surface area (Å²) in [5.41, 5.74) is 6.39. The number of carbonyl (C=O) groups excluding carboxylic acids is 3. The third kappa shape index (κ3) is 13.3. The van der Waals surface area contributed by atoms with Crippen molar-refractivity contribution in [3.05, 3.63) is 143 Å². The number of alkyl halides is 1. The Bertz CT molecular complexity index is 2390. The molecular formula is C48H60BrF3N8O3. The Hall–Kier alpha value is -5.51. The lowest BCUT2D eigenvalue weighted by molar-refractivity contribution is 0.0865. The number of hydrogen-bond donors (Lipinski definition) is 0. The Labute approximate surface area is 378 Å². The fourth-order valence-electron chi connectivity index (χ4n) is 7.09. The normalized spacial score (nSPS) is 12.3. The van der Waals surface area contributed by atoms with Crippen molar-refractivity contribution in [1.29, 1.82) is 0 Å². The second kappa shape index (κ2) is 23.8. The van der Waals surface area contributed by atoms with Gasteiger partial charge >= 0.3 is 0 Å². The van der Waals surface area contributed by atoms with Crippen LogP contribution < -0.4 is 0 Å². The van der Waals surface area contributed by atoms with Gasteiger partial charge in [0.25, 0.3) is 0 Å². The Balaban J connectivity index is 0.000000250. The summed E-state index contributed by atoms with van der Waals surface area (Å²) < 4.78 is 43.8. The summed E-state index contributed by atoms with van der Waals surface area (Å²) >= 11 is 3.12. The van der Waals surface area contributed by atoms with Crippen LogP contribution in [0.3, 0.4) is 0 Å². The van der Waals surface area contributed by atoms with E-state index in [1.54, 1.807) is 62.8 Å². The first-order valence-corrected chi connectivity index (χ1v) is 21.3. The van der Waals surface area contributed by atoms with Gasteiger partial charge in [-0.2, -0.15) is 15.3 Å². The molecule has 4 heterocycles. The fourth-order valence-corrected chi connectivity index (χ4v) is 7.39. The third-order valence-electron chi connectivity index (χ3n) is 10.5. The van der Waals surface area contributed by atoms with E-state index >= 15 is 0 Å². The maximum absolute atomic E-state index is 13.0. The highest BCUT2D eigenvalue weighted by Gasteiger charge is 2.23. The highest BCUT2D eigenvalue weighted by Crippen LogP contribution is 2.19. The second-order valence-corrected chi connectivity index (χ2v) is 15.9. The van der Waals surface area contributed by atoms with Gasteiger partial charge in [-0.15, -0.1) is 0 Å². The van der Waals surface area contributed by atoms with Crippen LogP contribution in [-0.4, -0.2) is 100 Å². The van der Waals surface area contributed by atoms with Gasteiger partial charge in [0.1, 0.15) is 17.5 Å². The molecule has 338 valence electrons. The van der Waals surface area contributed by atoms with Gasteiger partial charge in [0.2, 0.25) is 0 Å². The molecule has 1 aliphatic heterocycles. The molecule has 0 radical (unpaired) electrons. The van der Waals surface area contributed by atoms with Crippen LogP contribution in [0, 0.1) is 38.2 Å². The van der Waals surface area contributed by atoms with Gasteiger partial charge in [-0.05, 0) is 147 Å². The zero-order chi connectivity index (χ0) is 44.4. The number of Topliss-reactive ketones (excluding diaryl/α,β-unsaturated/α-hetero) is 3. The van der Waals surface area contributed by atoms with Crippen LogP contribution >= 0.6 is 15.9 Å². The lowest BCUT2D eigenvalue weighted by Crippen LogP contribution is -2.40. The highest BCUT2D eigenvalue weighted by molar-refractivity contribution is 9.09. The molecule has 0 saturated carbocycles. The molecule has 3 aromatic carbocycles. The first-order valence-electron chi connectivity index (χ1n) is 20.1. The summed E-state index contributed by atoms with van der Waals surface area (Å²) in [7, 11) is 0. The van der Waals surface area contributed by atoms with Crippen molar-refractivity contribution < 1.29 is 27.6 Å². The number of carbonyl (C=O) groups is 3. The average molecular weight is 934 g/mol. The molecule has 11 nitrogen and oxygen atoms in total. The maximum Gasteiger partial charge on any atom is 0.180 e. The Morgan fingerprint density at radius 3 is 1.21 bits per heavy atom. The molecule has 7 rings (SSSR count). The Kier molecular flexibility index (Phi) is 19.6. The highest BCUT2D eigenvalue weighted by atomic mass is 79.9. The summed E-state index contributed by atoms with van der Waals surface area (Å²) in [6.07, 6.45) is 7.07. The van der Waals surface area contributed by atoms with Gasteiger partial charge in [0.15, 0.2) is 17.3 Å². The van der Waals surface area contributed by atoms with Crippen molar-refractivity contribution >= 4 is 33.3 Å². The average Bonchev–Trinajstić information content (AvgIpc) is 4.06. The van der Waals surface area contributed by atoms with Crippen LogP contribution in [0.25, 0.3) is 17.1 Å². The predicted octanol–water partition coefficient (Wildman–Crippen LogP) is 10.4. The molecule has 1 saturated heterocycles. The smallest absolute Gasteiger partial charge is 0.180 e. The lowest BCUT2D eigenvalue weighted by Gasteiger charge is -2.29. The first kappa shape index (κ1) is 51.8. The van der Waals surface area contributed by atoms with Gasteiger partial charge in [-0.1, -0.05) is 30.8 Å². The van der Waals surface area contributed by atoms with E-state index in [4.69, 9.17) is 0 Å². The number of nitrogens with zero attached hydrogens (tertiary/aromatic N) is 8. The number of benzene rings is 3. The first-order chi connectivity index (χ1) is 29.1. The molecule has 0 bridgehead atoms. The molecule has 0 N–H and O–H groups in total. The van der Waals surface area contributed by atoms with Crippen LogP contribution in [0.5, 0.6) is 0 Å². The SMILES string of the molecule is C.C.Cc1c(C(=O)CBr)cnn1-c1ccc(F)cc1.Cc1c(C(=O)CN(C(C)C)C(C)C)cnn1-c1ccc(F)cc1.Cc1c(C(=O)CN2CCCC2)cnn1-c1ccc(F)cc1. The van der Waals surface area contributed by atoms with Gasteiger partial charge in [-0.25, -0.2) is 27.2 Å². The summed E-state index contributed by atoms with van der Waals surface area (Å²) in [4.78, 5) is 40.9. The van der Waals surface area contributed by atoms with Crippen LogP contribution in [0.15, 0.2) is 91.4 Å². The fraction of sp³-hybridized carbons (Fsp3) is 0.375. The number of rotatable bonds is 13. The molecule has 0 atom stereocenters. The molecule has 0 spiro atoms. The standard InChI is InChI=1S/C18H24FN3O.C16H18FN3O.C12H10BrFN2O.2CH4/c1-12(2)21(13(3)4)11-18(23)17-10-20-22(14(17)5)16-8-6-15(19)7-9-16;1-12-15(16(21)11-19-8-2-3-9-19)10-18-20(12)14-6-4-13(17)5-7-14;1-8-11(12(17)6-13)7-15-16(8)10-4-2-9(14)3-5-10;;/h6-10,12-13H,11H2,1-5H3;4-7,10H,2-3,8-9,11H2,1H3;2-5,7H,6H2,1H3;2*1H4. The van der Waals surface area contributed by atoms with E-state index in [0.717, 1.165) is 47.2 Å². The van der Waals surface area contributed by atoms with Gasteiger partial charge in [0, 0.05) is 12.1 Å². The predicted molar refractivity (Wildman–Crippen MR) is 248 cm³/mol. The van der Waals surface area contributed by atoms with Crippen molar-refractivity contribution in [3.8, 4) is 17.1 Å². The summed E-state index contributed by atoms with van der Waals surface area (Å²) in [6, 6.07) is 18.7. The monoisotopic (exact) mass is 932 g/mol. The van der Waals surface area contributed by atoms with Gasteiger partial charge < -0.3 is 0 Å². The van der Waals surface area contributed by atoms with E-state index in [1.807, 2.05) is 20.8 Å². The molecule has 0 amide bonds. The van der Waals surface area contributed by atoms with Crippen molar-refractivity contribution in [2.75, 3.05) is 31.5 Å². The molecule has 1 fully saturated rings. The summed E-state index contributed by atoms with van der Waals surface area (Å²) in [6.45, 7) is 16.7. The van der Waals surface area contributed by atoms with Gasteiger partial charge in [0.05, 0.1) is 87.8 Å². The van der Waals surface area contributed by atoms with E-state index in [-0.39, 0.29) is 55.0 Å². The van der Waals surface area contributed by atoms with Crippen molar-refractivity contribution in [1.82, 2.24) is 39.1 Å². The molecule has 0 unspecified atom stereocenters. The maximum atomic E-state index is 13.0.